The standard InChI is InChI=1S/C19H31N3O2/c1-5-10-21-16-9-7-14-11-13(12-20)6-8-15(14)17(16)22-18(23)24-19(2,3)4/h6,8,11,16-17,21H,5,7,9-10,12,20H2,1-4H3,(H,22,23)/t16?,17-/m1/s1. The molecule has 1 aliphatic rings. The summed E-state index contributed by atoms with van der Waals surface area (Å²) in [5.41, 5.74) is 8.82. The van der Waals surface area contributed by atoms with Gasteiger partial charge in [-0.15, -0.1) is 0 Å². The Morgan fingerprint density at radius 1 is 1.38 bits per heavy atom. The Morgan fingerprint density at radius 3 is 2.75 bits per heavy atom. The summed E-state index contributed by atoms with van der Waals surface area (Å²) in [7, 11) is 0. The minimum atomic E-state index is -0.503. The van der Waals surface area contributed by atoms with E-state index in [1.54, 1.807) is 0 Å². The molecule has 2 rings (SSSR count). The van der Waals surface area contributed by atoms with E-state index in [0.29, 0.717) is 6.54 Å². The molecule has 0 saturated carbocycles. The van der Waals surface area contributed by atoms with Crippen LogP contribution >= 0.6 is 0 Å². The first-order chi connectivity index (χ1) is 11.3. The van der Waals surface area contributed by atoms with Crippen molar-refractivity contribution in [2.45, 2.75) is 71.2 Å². The van der Waals surface area contributed by atoms with Gasteiger partial charge in [0.2, 0.25) is 0 Å². The van der Waals surface area contributed by atoms with E-state index in [9.17, 15) is 4.79 Å². The van der Waals surface area contributed by atoms with E-state index in [4.69, 9.17) is 10.5 Å². The zero-order valence-electron chi connectivity index (χ0n) is 15.3. The van der Waals surface area contributed by atoms with E-state index in [-0.39, 0.29) is 18.2 Å². The van der Waals surface area contributed by atoms with Crippen LogP contribution in [0.25, 0.3) is 0 Å². The van der Waals surface area contributed by atoms with Gasteiger partial charge in [-0.25, -0.2) is 4.79 Å². The number of nitrogens with one attached hydrogen (secondary N) is 2. The average Bonchev–Trinajstić information content (AvgIpc) is 2.51. The summed E-state index contributed by atoms with van der Waals surface area (Å²) >= 11 is 0. The highest BCUT2D eigenvalue weighted by Crippen LogP contribution is 2.31. The Bertz CT molecular complexity index is 566. The minimum Gasteiger partial charge on any atom is -0.444 e. The molecule has 5 heteroatoms. The molecule has 0 aliphatic heterocycles. The Labute approximate surface area is 145 Å². The summed E-state index contributed by atoms with van der Waals surface area (Å²) < 4.78 is 5.46. The van der Waals surface area contributed by atoms with Gasteiger partial charge in [0, 0.05) is 12.6 Å². The van der Waals surface area contributed by atoms with E-state index in [2.05, 4.69) is 29.7 Å². The summed E-state index contributed by atoms with van der Waals surface area (Å²) in [5, 5.41) is 6.64. The highest BCUT2D eigenvalue weighted by atomic mass is 16.6. The second-order valence-corrected chi connectivity index (χ2v) is 7.46. The Balaban J connectivity index is 2.22. The molecule has 1 aromatic carbocycles. The number of ether oxygens (including phenoxy) is 1. The fourth-order valence-corrected chi connectivity index (χ4v) is 3.16. The zero-order valence-corrected chi connectivity index (χ0v) is 15.3. The lowest BCUT2D eigenvalue weighted by molar-refractivity contribution is 0.0487. The lowest BCUT2D eigenvalue weighted by Gasteiger charge is -2.35. The molecule has 1 aromatic rings. The maximum atomic E-state index is 12.3. The van der Waals surface area contributed by atoms with Gasteiger partial charge < -0.3 is 21.1 Å². The molecule has 1 aliphatic carbocycles. The van der Waals surface area contributed by atoms with Crippen molar-refractivity contribution in [2.75, 3.05) is 6.54 Å². The molecule has 0 spiro atoms. The van der Waals surface area contributed by atoms with Crippen LogP contribution in [0.1, 0.15) is 63.3 Å². The summed E-state index contributed by atoms with van der Waals surface area (Å²) in [6.07, 6.45) is 2.68. The molecule has 2 atom stereocenters. The van der Waals surface area contributed by atoms with Gasteiger partial charge in [0.05, 0.1) is 6.04 Å². The van der Waals surface area contributed by atoms with Crippen LogP contribution in [0.4, 0.5) is 4.79 Å². The molecule has 1 unspecified atom stereocenters. The van der Waals surface area contributed by atoms with Gasteiger partial charge in [-0.05, 0) is 63.3 Å². The van der Waals surface area contributed by atoms with Crippen LogP contribution in [0.5, 0.6) is 0 Å². The van der Waals surface area contributed by atoms with Gasteiger partial charge in [-0.3, -0.25) is 0 Å². The van der Waals surface area contributed by atoms with Crippen molar-refractivity contribution < 1.29 is 9.53 Å². The highest BCUT2D eigenvalue weighted by Gasteiger charge is 2.31. The number of hydrogen-bond donors (Lipinski definition) is 3. The SMILES string of the molecule is CCCNC1CCc2cc(CN)ccc2[C@H]1NC(=O)OC(C)(C)C. The number of nitrogens with two attached hydrogens (primary N) is 1. The highest BCUT2D eigenvalue weighted by molar-refractivity contribution is 5.69. The third-order valence-electron chi connectivity index (χ3n) is 4.23. The van der Waals surface area contributed by atoms with Crippen molar-refractivity contribution in [1.29, 1.82) is 0 Å². The molecule has 24 heavy (non-hydrogen) atoms. The van der Waals surface area contributed by atoms with Crippen LogP contribution in [0.3, 0.4) is 0 Å². The first-order valence-corrected chi connectivity index (χ1v) is 8.88. The van der Waals surface area contributed by atoms with Crippen LogP contribution in [0.15, 0.2) is 18.2 Å². The molecule has 1 amide bonds. The fraction of sp³-hybridized carbons (Fsp3) is 0.632. The zero-order chi connectivity index (χ0) is 17.7. The normalized spacial score (nSPS) is 20.4. The van der Waals surface area contributed by atoms with Gasteiger partial charge >= 0.3 is 6.09 Å². The van der Waals surface area contributed by atoms with Crippen molar-refractivity contribution in [3.8, 4) is 0 Å². The predicted octanol–water partition coefficient (Wildman–Crippen LogP) is 3.03. The molecule has 0 fully saturated rings. The number of amides is 1. The monoisotopic (exact) mass is 333 g/mol. The molecular weight excluding hydrogens is 302 g/mol. The maximum Gasteiger partial charge on any atom is 0.408 e. The molecule has 0 saturated heterocycles. The number of aryl methyl sites for hydroxylation is 1. The Kier molecular flexibility index (Phi) is 6.24. The molecule has 0 heterocycles. The first kappa shape index (κ1) is 18.7. The molecule has 0 radical (unpaired) electrons. The third-order valence-corrected chi connectivity index (χ3v) is 4.23. The van der Waals surface area contributed by atoms with E-state index in [1.165, 1.54) is 5.56 Å². The number of carbonyl (C=O) groups excluding carboxylic acids is 1. The van der Waals surface area contributed by atoms with Gasteiger partial charge in [0.15, 0.2) is 0 Å². The van der Waals surface area contributed by atoms with Crippen molar-refractivity contribution in [3.05, 3.63) is 34.9 Å². The maximum absolute atomic E-state index is 12.3. The van der Waals surface area contributed by atoms with Crippen LogP contribution in [-0.4, -0.2) is 24.3 Å². The lowest BCUT2D eigenvalue weighted by Crippen LogP contribution is -2.47. The molecule has 0 bridgehead atoms. The van der Waals surface area contributed by atoms with E-state index < -0.39 is 5.60 Å². The number of alkyl carbamates (subject to hydrolysis) is 1. The second kappa shape index (κ2) is 7.99. The lowest BCUT2D eigenvalue weighted by atomic mass is 9.83. The van der Waals surface area contributed by atoms with E-state index >= 15 is 0 Å². The Hall–Kier alpha value is -1.59. The minimum absolute atomic E-state index is 0.0815. The fourth-order valence-electron chi connectivity index (χ4n) is 3.16. The number of rotatable bonds is 5. The van der Waals surface area contributed by atoms with Gasteiger partial charge in [-0.1, -0.05) is 25.1 Å². The van der Waals surface area contributed by atoms with E-state index in [1.807, 2.05) is 26.8 Å². The summed E-state index contributed by atoms with van der Waals surface area (Å²) in [5.74, 6) is 0. The number of hydrogen-bond acceptors (Lipinski definition) is 4. The third kappa shape index (κ3) is 4.95. The Morgan fingerprint density at radius 2 is 2.12 bits per heavy atom. The number of carbonyl (C=O) groups is 1. The van der Waals surface area contributed by atoms with Crippen molar-refractivity contribution >= 4 is 6.09 Å². The van der Waals surface area contributed by atoms with Crippen molar-refractivity contribution in [1.82, 2.24) is 10.6 Å². The molecule has 4 N–H and O–H groups in total. The van der Waals surface area contributed by atoms with Crippen molar-refractivity contribution in [2.24, 2.45) is 5.73 Å². The van der Waals surface area contributed by atoms with Crippen LogP contribution < -0.4 is 16.4 Å². The van der Waals surface area contributed by atoms with Gasteiger partial charge in [0.25, 0.3) is 0 Å². The summed E-state index contributed by atoms with van der Waals surface area (Å²) in [6, 6.07) is 6.44. The van der Waals surface area contributed by atoms with Crippen LogP contribution in [-0.2, 0) is 17.7 Å². The average molecular weight is 333 g/mol. The largest absolute Gasteiger partial charge is 0.444 e. The topological polar surface area (TPSA) is 76.4 Å². The quantitative estimate of drug-likeness (QED) is 0.774. The predicted molar refractivity (Wildman–Crippen MR) is 96.8 cm³/mol. The van der Waals surface area contributed by atoms with E-state index in [0.717, 1.165) is 36.9 Å². The molecule has 134 valence electrons. The van der Waals surface area contributed by atoms with Gasteiger partial charge in [0.1, 0.15) is 5.60 Å². The van der Waals surface area contributed by atoms with Crippen LogP contribution in [0, 0.1) is 0 Å². The summed E-state index contributed by atoms with van der Waals surface area (Å²) in [6.45, 7) is 9.25. The number of fused-ring (bicyclic) bond motifs is 1. The second-order valence-electron chi connectivity index (χ2n) is 7.46. The summed E-state index contributed by atoms with van der Waals surface area (Å²) in [4.78, 5) is 12.3. The first-order valence-electron chi connectivity index (χ1n) is 8.88. The van der Waals surface area contributed by atoms with Crippen LogP contribution in [0.2, 0.25) is 0 Å². The number of benzene rings is 1. The smallest absolute Gasteiger partial charge is 0.408 e. The molecule has 0 aromatic heterocycles. The van der Waals surface area contributed by atoms with Crippen molar-refractivity contribution in [3.63, 3.8) is 0 Å². The van der Waals surface area contributed by atoms with Gasteiger partial charge in [-0.2, -0.15) is 0 Å². The molecule has 5 nitrogen and oxygen atoms in total. The molecular formula is C19H31N3O2.